The minimum Gasteiger partial charge on any atom is -0.329 e. The number of aryl methyl sites for hydroxylation is 2. The van der Waals surface area contributed by atoms with E-state index in [4.69, 9.17) is 5.73 Å². The molecule has 0 bridgehead atoms. The molecule has 0 spiro atoms. The number of hydrogen-bond acceptors (Lipinski definition) is 2. The van der Waals surface area contributed by atoms with E-state index in [-0.39, 0.29) is 5.54 Å². The van der Waals surface area contributed by atoms with Crippen LogP contribution in [0.5, 0.6) is 0 Å². The standard InChI is InChI=1S/C17H28N2/c1-14-8-7-9-15(2)16(14)12-19(3)17(13-18)10-5-4-6-11-17/h7-9H,4-6,10-13,18H2,1-3H3. The second-order valence-corrected chi connectivity index (χ2v) is 6.22. The van der Waals surface area contributed by atoms with Crippen molar-refractivity contribution in [3.8, 4) is 0 Å². The van der Waals surface area contributed by atoms with Crippen LogP contribution in [-0.4, -0.2) is 24.0 Å². The zero-order chi connectivity index (χ0) is 13.9. The second-order valence-electron chi connectivity index (χ2n) is 6.22. The third-order valence-electron chi connectivity index (χ3n) is 5.01. The molecule has 19 heavy (non-hydrogen) atoms. The van der Waals surface area contributed by atoms with Crippen molar-refractivity contribution in [2.24, 2.45) is 5.73 Å². The van der Waals surface area contributed by atoms with Crippen molar-refractivity contribution in [1.29, 1.82) is 0 Å². The van der Waals surface area contributed by atoms with Crippen LogP contribution in [0.4, 0.5) is 0 Å². The van der Waals surface area contributed by atoms with Gasteiger partial charge in [-0.25, -0.2) is 0 Å². The first-order valence-electron chi connectivity index (χ1n) is 7.55. The summed E-state index contributed by atoms with van der Waals surface area (Å²) in [6.45, 7) is 6.24. The Morgan fingerprint density at radius 3 is 2.21 bits per heavy atom. The Kier molecular flexibility index (Phi) is 4.64. The van der Waals surface area contributed by atoms with Gasteiger partial charge in [-0.05, 0) is 50.4 Å². The molecule has 106 valence electrons. The number of hydrogen-bond donors (Lipinski definition) is 1. The molecule has 0 aromatic heterocycles. The van der Waals surface area contributed by atoms with Gasteiger partial charge in [0.1, 0.15) is 0 Å². The quantitative estimate of drug-likeness (QED) is 0.899. The topological polar surface area (TPSA) is 29.3 Å². The van der Waals surface area contributed by atoms with Crippen molar-refractivity contribution in [3.63, 3.8) is 0 Å². The number of nitrogens with two attached hydrogens (primary N) is 1. The highest BCUT2D eigenvalue weighted by Gasteiger charge is 2.34. The fourth-order valence-corrected chi connectivity index (χ4v) is 3.45. The van der Waals surface area contributed by atoms with Gasteiger partial charge in [0.2, 0.25) is 0 Å². The van der Waals surface area contributed by atoms with Crippen LogP contribution < -0.4 is 5.73 Å². The highest BCUT2D eigenvalue weighted by Crippen LogP contribution is 2.33. The molecular formula is C17H28N2. The summed E-state index contributed by atoms with van der Waals surface area (Å²) in [5, 5.41) is 0. The SMILES string of the molecule is Cc1cccc(C)c1CN(C)C1(CN)CCCCC1. The van der Waals surface area contributed by atoms with E-state index in [9.17, 15) is 0 Å². The molecule has 1 fully saturated rings. The van der Waals surface area contributed by atoms with Gasteiger partial charge in [0, 0.05) is 18.6 Å². The van der Waals surface area contributed by atoms with Gasteiger partial charge in [0.05, 0.1) is 0 Å². The van der Waals surface area contributed by atoms with Gasteiger partial charge in [0.15, 0.2) is 0 Å². The number of likely N-dealkylation sites (N-methyl/N-ethyl adjacent to an activating group) is 1. The third-order valence-corrected chi connectivity index (χ3v) is 5.01. The molecule has 2 N–H and O–H groups in total. The molecule has 1 aliphatic carbocycles. The molecule has 0 aliphatic heterocycles. The summed E-state index contributed by atoms with van der Waals surface area (Å²) in [5.74, 6) is 0. The minimum absolute atomic E-state index is 0.229. The molecule has 2 heteroatoms. The Morgan fingerprint density at radius 1 is 1.11 bits per heavy atom. The van der Waals surface area contributed by atoms with Gasteiger partial charge in [-0.2, -0.15) is 0 Å². The van der Waals surface area contributed by atoms with Gasteiger partial charge in [0.25, 0.3) is 0 Å². The summed E-state index contributed by atoms with van der Waals surface area (Å²) in [5.41, 5.74) is 10.6. The van der Waals surface area contributed by atoms with Gasteiger partial charge < -0.3 is 5.73 Å². The van der Waals surface area contributed by atoms with Crippen LogP contribution >= 0.6 is 0 Å². The highest BCUT2D eigenvalue weighted by molar-refractivity contribution is 5.33. The third kappa shape index (κ3) is 3.01. The van der Waals surface area contributed by atoms with Gasteiger partial charge in [-0.1, -0.05) is 37.5 Å². The smallest absolute Gasteiger partial charge is 0.0332 e. The molecule has 0 heterocycles. The molecule has 2 rings (SSSR count). The monoisotopic (exact) mass is 260 g/mol. The van der Waals surface area contributed by atoms with E-state index in [2.05, 4.69) is 44.0 Å². The average molecular weight is 260 g/mol. The van der Waals surface area contributed by atoms with Gasteiger partial charge in [-0.3, -0.25) is 4.90 Å². The van der Waals surface area contributed by atoms with Crippen LogP contribution in [-0.2, 0) is 6.54 Å². The molecule has 0 amide bonds. The highest BCUT2D eigenvalue weighted by atomic mass is 15.2. The lowest BCUT2D eigenvalue weighted by Gasteiger charge is -2.44. The molecule has 0 radical (unpaired) electrons. The zero-order valence-corrected chi connectivity index (χ0v) is 12.7. The maximum Gasteiger partial charge on any atom is 0.0332 e. The summed E-state index contributed by atoms with van der Waals surface area (Å²) < 4.78 is 0. The van der Waals surface area contributed by atoms with Gasteiger partial charge in [-0.15, -0.1) is 0 Å². The van der Waals surface area contributed by atoms with Crippen LogP contribution in [0, 0.1) is 13.8 Å². The summed E-state index contributed by atoms with van der Waals surface area (Å²) in [6, 6.07) is 6.58. The molecule has 1 saturated carbocycles. The van der Waals surface area contributed by atoms with E-state index >= 15 is 0 Å². The Bertz CT molecular complexity index is 399. The number of rotatable bonds is 4. The fourth-order valence-electron chi connectivity index (χ4n) is 3.45. The van der Waals surface area contributed by atoms with Crippen LogP contribution in [0.3, 0.4) is 0 Å². The summed E-state index contributed by atoms with van der Waals surface area (Å²) >= 11 is 0. The van der Waals surface area contributed by atoms with E-state index in [1.165, 1.54) is 48.8 Å². The molecule has 0 atom stereocenters. The number of benzene rings is 1. The van der Waals surface area contributed by atoms with Crippen molar-refractivity contribution in [3.05, 3.63) is 34.9 Å². The Hall–Kier alpha value is -0.860. The predicted octanol–water partition coefficient (Wildman–Crippen LogP) is 3.40. The largest absolute Gasteiger partial charge is 0.329 e. The van der Waals surface area contributed by atoms with E-state index < -0.39 is 0 Å². The van der Waals surface area contributed by atoms with E-state index in [1.54, 1.807) is 0 Å². The van der Waals surface area contributed by atoms with Crippen molar-refractivity contribution in [1.82, 2.24) is 4.90 Å². The molecular weight excluding hydrogens is 232 g/mol. The second kappa shape index (κ2) is 6.06. The first kappa shape index (κ1) is 14.5. The zero-order valence-electron chi connectivity index (χ0n) is 12.7. The lowest BCUT2D eigenvalue weighted by molar-refractivity contribution is 0.0755. The summed E-state index contributed by atoms with van der Waals surface area (Å²) in [6.07, 6.45) is 6.54. The van der Waals surface area contributed by atoms with E-state index in [0.29, 0.717) is 0 Å². The van der Waals surface area contributed by atoms with Gasteiger partial charge >= 0.3 is 0 Å². The maximum absolute atomic E-state index is 6.13. The molecule has 1 aromatic carbocycles. The lowest BCUT2D eigenvalue weighted by atomic mass is 9.80. The molecule has 1 aromatic rings. The van der Waals surface area contributed by atoms with Crippen LogP contribution in [0.25, 0.3) is 0 Å². The van der Waals surface area contributed by atoms with Crippen LogP contribution in [0.1, 0.15) is 48.8 Å². The van der Waals surface area contributed by atoms with Crippen molar-refractivity contribution >= 4 is 0 Å². The molecule has 2 nitrogen and oxygen atoms in total. The van der Waals surface area contributed by atoms with E-state index in [0.717, 1.165) is 13.1 Å². The predicted molar refractivity (Wildman–Crippen MR) is 82.3 cm³/mol. The Balaban J connectivity index is 2.17. The summed E-state index contributed by atoms with van der Waals surface area (Å²) in [7, 11) is 2.25. The number of nitrogens with zero attached hydrogens (tertiary/aromatic N) is 1. The molecule has 0 saturated heterocycles. The van der Waals surface area contributed by atoms with Crippen molar-refractivity contribution in [2.75, 3.05) is 13.6 Å². The molecule has 0 unspecified atom stereocenters. The van der Waals surface area contributed by atoms with Crippen LogP contribution in [0.2, 0.25) is 0 Å². The van der Waals surface area contributed by atoms with Crippen molar-refractivity contribution < 1.29 is 0 Å². The minimum atomic E-state index is 0.229. The molecule has 1 aliphatic rings. The van der Waals surface area contributed by atoms with Crippen molar-refractivity contribution in [2.45, 2.75) is 58.0 Å². The Morgan fingerprint density at radius 2 is 1.68 bits per heavy atom. The van der Waals surface area contributed by atoms with Crippen LogP contribution in [0.15, 0.2) is 18.2 Å². The normalized spacial score (nSPS) is 18.8. The van der Waals surface area contributed by atoms with E-state index in [1.807, 2.05) is 0 Å². The fraction of sp³-hybridized carbons (Fsp3) is 0.647. The lowest BCUT2D eigenvalue weighted by Crippen LogP contribution is -2.52. The Labute approximate surface area is 118 Å². The first-order chi connectivity index (χ1) is 9.09. The maximum atomic E-state index is 6.13. The first-order valence-corrected chi connectivity index (χ1v) is 7.55. The summed E-state index contributed by atoms with van der Waals surface area (Å²) in [4.78, 5) is 2.52. The average Bonchev–Trinajstić information content (AvgIpc) is 2.43.